The predicted molar refractivity (Wildman–Crippen MR) is 79.6 cm³/mol. The second-order valence-corrected chi connectivity index (χ2v) is 5.83. The molecule has 1 aromatic heterocycles. The van der Waals surface area contributed by atoms with Crippen LogP contribution >= 0.6 is 0 Å². The van der Waals surface area contributed by atoms with Crippen LogP contribution < -0.4 is 9.64 Å². The molecule has 1 saturated heterocycles. The van der Waals surface area contributed by atoms with Gasteiger partial charge in [0.15, 0.2) is 0 Å². The number of rotatable bonds is 5. The van der Waals surface area contributed by atoms with Crippen molar-refractivity contribution in [2.75, 3.05) is 18.0 Å². The lowest BCUT2D eigenvalue weighted by Gasteiger charge is -2.39. The van der Waals surface area contributed by atoms with Gasteiger partial charge in [0.1, 0.15) is 0 Å². The van der Waals surface area contributed by atoms with Crippen molar-refractivity contribution < 1.29 is 14.6 Å². The molecule has 1 unspecified atom stereocenters. The van der Waals surface area contributed by atoms with Crippen molar-refractivity contribution in [3.8, 4) is 5.88 Å². The van der Waals surface area contributed by atoms with Gasteiger partial charge in [0.2, 0.25) is 11.8 Å². The quantitative estimate of drug-likeness (QED) is 0.898. The van der Waals surface area contributed by atoms with Crippen molar-refractivity contribution in [2.24, 2.45) is 5.41 Å². The Bertz CT molecular complexity index is 507. The lowest BCUT2D eigenvalue weighted by Crippen LogP contribution is -2.48. The van der Waals surface area contributed by atoms with Gasteiger partial charge < -0.3 is 14.7 Å². The van der Waals surface area contributed by atoms with Crippen LogP contribution in [0.15, 0.2) is 12.3 Å². The number of aliphatic carboxylic acids is 1. The number of nitrogens with zero attached hydrogens (tertiary/aromatic N) is 3. The maximum absolute atomic E-state index is 11.6. The Labute approximate surface area is 125 Å². The number of carbonyl (C=O) groups is 1. The Hall–Kier alpha value is -1.85. The molecule has 116 valence electrons. The molecule has 1 N–H and O–H groups in total. The fourth-order valence-electron chi connectivity index (χ4n) is 2.71. The van der Waals surface area contributed by atoms with E-state index >= 15 is 0 Å². The van der Waals surface area contributed by atoms with Gasteiger partial charge in [-0.15, -0.1) is 0 Å². The van der Waals surface area contributed by atoms with Crippen LogP contribution in [0.1, 0.15) is 40.0 Å². The standard InChI is InChI=1S/C15H23N3O3/c1-4-15(13(19)20)7-5-9-18(10-15)14-16-8-6-12(17-14)21-11(2)3/h6,8,11H,4-5,7,9-10H2,1-3H3,(H,19,20). The first-order chi connectivity index (χ1) is 9.97. The third-order valence-corrected chi connectivity index (χ3v) is 3.96. The molecule has 0 amide bonds. The van der Waals surface area contributed by atoms with Gasteiger partial charge in [0, 0.05) is 25.4 Å². The van der Waals surface area contributed by atoms with Gasteiger partial charge >= 0.3 is 5.97 Å². The van der Waals surface area contributed by atoms with Gasteiger partial charge in [0.25, 0.3) is 0 Å². The molecule has 2 heterocycles. The summed E-state index contributed by atoms with van der Waals surface area (Å²) in [6.45, 7) is 7.03. The fraction of sp³-hybridized carbons (Fsp3) is 0.667. The first-order valence-corrected chi connectivity index (χ1v) is 7.45. The van der Waals surface area contributed by atoms with Gasteiger partial charge in [-0.05, 0) is 33.1 Å². The highest BCUT2D eigenvalue weighted by atomic mass is 16.5. The molecule has 1 fully saturated rings. The topological polar surface area (TPSA) is 75.5 Å². The van der Waals surface area contributed by atoms with Gasteiger partial charge in [-0.3, -0.25) is 4.79 Å². The van der Waals surface area contributed by atoms with Crippen molar-refractivity contribution in [3.63, 3.8) is 0 Å². The number of anilines is 1. The largest absolute Gasteiger partial charge is 0.481 e. The Morgan fingerprint density at radius 2 is 2.33 bits per heavy atom. The van der Waals surface area contributed by atoms with Crippen LogP contribution in [0.25, 0.3) is 0 Å². The highest BCUT2D eigenvalue weighted by Crippen LogP contribution is 2.35. The number of ether oxygens (including phenoxy) is 1. The van der Waals surface area contributed by atoms with Crippen LogP contribution in [0.4, 0.5) is 5.95 Å². The summed E-state index contributed by atoms with van der Waals surface area (Å²) in [5, 5.41) is 9.53. The average Bonchev–Trinajstić information content (AvgIpc) is 2.46. The highest BCUT2D eigenvalue weighted by molar-refractivity contribution is 5.75. The molecule has 0 aromatic carbocycles. The summed E-state index contributed by atoms with van der Waals surface area (Å²) < 4.78 is 5.58. The Morgan fingerprint density at radius 1 is 1.57 bits per heavy atom. The van der Waals surface area contributed by atoms with Gasteiger partial charge in [0.05, 0.1) is 11.5 Å². The summed E-state index contributed by atoms with van der Waals surface area (Å²) in [6.07, 6.45) is 3.85. The van der Waals surface area contributed by atoms with Crippen molar-refractivity contribution >= 4 is 11.9 Å². The molecule has 2 rings (SSSR count). The fourth-order valence-corrected chi connectivity index (χ4v) is 2.71. The molecular formula is C15H23N3O3. The third-order valence-electron chi connectivity index (χ3n) is 3.96. The first-order valence-electron chi connectivity index (χ1n) is 7.45. The zero-order valence-corrected chi connectivity index (χ0v) is 12.9. The smallest absolute Gasteiger partial charge is 0.311 e. The molecular weight excluding hydrogens is 270 g/mol. The van der Waals surface area contributed by atoms with Crippen molar-refractivity contribution in [1.29, 1.82) is 0 Å². The van der Waals surface area contributed by atoms with E-state index in [2.05, 4.69) is 9.97 Å². The molecule has 1 aromatic rings. The van der Waals surface area contributed by atoms with E-state index < -0.39 is 11.4 Å². The van der Waals surface area contributed by atoms with Crippen LogP contribution in [0, 0.1) is 5.41 Å². The zero-order chi connectivity index (χ0) is 15.5. The normalized spacial score (nSPS) is 22.4. The first kappa shape index (κ1) is 15.5. The van der Waals surface area contributed by atoms with Gasteiger partial charge in [-0.2, -0.15) is 4.98 Å². The molecule has 1 atom stereocenters. The Balaban J connectivity index is 2.19. The SMILES string of the molecule is CCC1(C(=O)O)CCCN(c2nccc(OC(C)C)n2)C1. The number of aromatic nitrogens is 2. The van der Waals surface area contributed by atoms with E-state index in [-0.39, 0.29) is 6.10 Å². The van der Waals surface area contributed by atoms with Crippen LogP contribution in [0.5, 0.6) is 5.88 Å². The maximum Gasteiger partial charge on any atom is 0.311 e. The molecule has 1 aliphatic heterocycles. The van der Waals surface area contributed by atoms with Crippen LogP contribution in [0.3, 0.4) is 0 Å². The summed E-state index contributed by atoms with van der Waals surface area (Å²) in [6, 6.07) is 1.72. The minimum absolute atomic E-state index is 0.0443. The number of hydrogen-bond acceptors (Lipinski definition) is 5. The summed E-state index contributed by atoms with van der Waals surface area (Å²) in [4.78, 5) is 22.2. The monoisotopic (exact) mass is 293 g/mol. The second-order valence-electron chi connectivity index (χ2n) is 5.83. The lowest BCUT2D eigenvalue weighted by molar-refractivity contribution is -0.149. The molecule has 21 heavy (non-hydrogen) atoms. The van der Waals surface area contributed by atoms with E-state index in [1.807, 2.05) is 25.7 Å². The van der Waals surface area contributed by atoms with Gasteiger partial charge in [-0.1, -0.05) is 6.92 Å². The second kappa shape index (κ2) is 6.28. The number of hydrogen-bond donors (Lipinski definition) is 1. The van der Waals surface area contributed by atoms with E-state index in [1.165, 1.54) is 0 Å². The number of carboxylic acids is 1. The summed E-state index contributed by atoms with van der Waals surface area (Å²) in [5.41, 5.74) is -0.698. The summed E-state index contributed by atoms with van der Waals surface area (Å²) >= 11 is 0. The third kappa shape index (κ3) is 3.43. The van der Waals surface area contributed by atoms with Crippen LogP contribution in [-0.2, 0) is 4.79 Å². The molecule has 0 saturated carbocycles. The minimum Gasteiger partial charge on any atom is -0.481 e. The van der Waals surface area contributed by atoms with E-state index in [1.54, 1.807) is 12.3 Å². The summed E-state index contributed by atoms with van der Waals surface area (Å²) in [7, 11) is 0. The zero-order valence-electron chi connectivity index (χ0n) is 12.9. The van der Waals surface area contributed by atoms with E-state index in [0.717, 1.165) is 13.0 Å². The Kier molecular flexibility index (Phi) is 4.65. The van der Waals surface area contributed by atoms with Crippen molar-refractivity contribution in [3.05, 3.63) is 12.3 Å². The van der Waals surface area contributed by atoms with E-state index in [4.69, 9.17) is 4.74 Å². The van der Waals surface area contributed by atoms with E-state index in [9.17, 15) is 9.90 Å². The molecule has 1 aliphatic rings. The summed E-state index contributed by atoms with van der Waals surface area (Å²) in [5.74, 6) is 0.342. The highest BCUT2D eigenvalue weighted by Gasteiger charge is 2.41. The molecule has 0 bridgehead atoms. The molecule has 0 aliphatic carbocycles. The minimum atomic E-state index is -0.732. The molecule has 0 spiro atoms. The average molecular weight is 293 g/mol. The lowest BCUT2D eigenvalue weighted by atomic mass is 9.78. The van der Waals surface area contributed by atoms with Gasteiger partial charge in [-0.25, -0.2) is 4.98 Å². The predicted octanol–water partition coefficient (Wildman–Crippen LogP) is 2.35. The van der Waals surface area contributed by atoms with Crippen LogP contribution in [0.2, 0.25) is 0 Å². The maximum atomic E-state index is 11.6. The van der Waals surface area contributed by atoms with Crippen molar-refractivity contribution in [2.45, 2.75) is 46.1 Å². The number of piperidine rings is 1. The molecule has 0 radical (unpaired) electrons. The number of carboxylic acid groups (broad SMARTS) is 1. The Morgan fingerprint density at radius 3 is 2.95 bits per heavy atom. The molecule has 6 heteroatoms. The van der Waals surface area contributed by atoms with E-state index in [0.29, 0.717) is 31.2 Å². The van der Waals surface area contributed by atoms with Crippen LogP contribution in [-0.4, -0.2) is 40.2 Å². The van der Waals surface area contributed by atoms with Crippen molar-refractivity contribution in [1.82, 2.24) is 9.97 Å². The molecule has 6 nitrogen and oxygen atoms in total.